The van der Waals surface area contributed by atoms with Gasteiger partial charge in [-0.25, -0.2) is 0 Å². The number of amides is 1. The van der Waals surface area contributed by atoms with Crippen LogP contribution in [0.5, 0.6) is 0 Å². The molecular weight excluding hydrogens is 286 g/mol. The zero-order valence-corrected chi connectivity index (χ0v) is 13.0. The van der Waals surface area contributed by atoms with Crippen LogP contribution in [0.3, 0.4) is 0 Å². The van der Waals surface area contributed by atoms with Gasteiger partial charge in [-0.05, 0) is 25.0 Å². The Hall–Kier alpha value is -1.26. The summed E-state index contributed by atoms with van der Waals surface area (Å²) < 4.78 is 0. The standard InChI is InChI=1S/C16H22ClN3O/c17-13-6-3-7-14(18)15(13)16(21)20-10-8-19(9-11-20)12-4-1-2-5-12/h3,6-7,12H,1-2,4-5,8-11,18H2. The van der Waals surface area contributed by atoms with Crippen molar-refractivity contribution in [3.63, 3.8) is 0 Å². The highest BCUT2D eigenvalue weighted by atomic mass is 35.5. The molecule has 0 atom stereocenters. The molecule has 1 aliphatic carbocycles. The monoisotopic (exact) mass is 307 g/mol. The van der Waals surface area contributed by atoms with Gasteiger partial charge in [-0.3, -0.25) is 9.69 Å². The number of halogens is 1. The zero-order valence-electron chi connectivity index (χ0n) is 12.2. The number of hydrogen-bond acceptors (Lipinski definition) is 3. The van der Waals surface area contributed by atoms with Gasteiger partial charge in [-0.1, -0.05) is 30.5 Å². The fraction of sp³-hybridized carbons (Fsp3) is 0.562. The van der Waals surface area contributed by atoms with E-state index in [2.05, 4.69) is 4.90 Å². The van der Waals surface area contributed by atoms with Crippen LogP contribution in [0.25, 0.3) is 0 Å². The molecule has 0 aromatic heterocycles. The second kappa shape index (κ2) is 6.24. The minimum absolute atomic E-state index is 0.0378. The van der Waals surface area contributed by atoms with E-state index in [0.717, 1.165) is 32.2 Å². The molecule has 5 heteroatoms. The third-order valence-corrected chi connectivity index (χ3v) is 5.02. The molecule has 1 aliphatic heterocycles. The maximum Gasteiger partial charge on any atom is 0.257 e. The third-order valence-electron chi connectivity index (χ3n) is 4.70. The Morgan fingerprint density at radius 3 is 2.43 bits per heavy atom. The molecule has 1 saturated carbocycles. The highest BCUT2D eigenvalue weighted by molar-refractivity contribution is 6.34. The molecule has 0 unspecified atom stereocenters. The molecular formula is C16H22ClN3O. The summed E-state index contributed by atoms with van der Waals surface area (Å²) in [6.07, 6.45) is 5.32. The SMILES string of the molecule is Nc1cccc(Cl)c1C(=O)N1CCN(C2CCCC2)CC1. The van der Waals surface area contributed by atoms with Crippen LogP contribution in [-0.2, 0) is 0 Å². The van der Waals surface area contributed by atoms with E-state index in [9.17, 15) is 4.79 Å². The fourth-order valence-electron chi connectivity index (χ4n) is 3.48. The number of nitrogen functional groups attached to an aromatic ring is 1. The first-order valence-corrected chi connectivity index (χ1v) is 8.12. The van der Waals surface area contributed by atoms with E-state index in [1.165, 1.54) is 25.7 Å². The van der Waals surface area contributed by atoms with Crippen LogP contribution in [-0.4, -0.2) is 47.9 Å². The van der Waals surface area contributed by atoms with Crippen molar-refractivity contribution in [3.05, 3.63) is 28.8 Å². The molecule has 1 saturated heterocycles. The van der Waals surface area contributed by atoms with Gasteiger partial charge in [-0.2, -0.15) is 0 Å². The van der Waals surface area contributed by atoms with E-state index in [-0.39, 0.29) is 5.91 Å². The summed E-state index contributed by atoms with van der Waals surface area (Å²) in [5.41, 5.74) is 6.83. The van der Waals surface area contributed by atoms with Gasteiger partial charge < -0.3 is 10.6 Å². The van der Waals surface area contributed by atoms with Gasteiger partial charge in [0.15, 0.2) is 0 Å². The second-order valence-electron chi connectivity index (χ2n) is 5.97. The lowest BCUT2D eigenvalue weighted by Gasteiger charge is -2.38. The average molecular weight is 308 g/mol. The van der Waals surface area contributed by atoms with Crippen LogP contribution in [0.15, 0.2) is 18.2 Å². The summed E-state index contributed by atoms with van der Waals surface area (Å²) in [4.78, 5) is 17.0. The van der Waals surface area contributed by atoms with Crippen molar-refractivity contribution in [2.75, 3.05) is 31.9 Å². The molecule has 1 aromatic rings. The fourth-order valence-corrected chi connectivity index (χ4v) is 3.75. The van der Waals surface area contributed by atoms with Crippen molar-refractivity contribution in [2.24, 2.45) is 0 Å². The van der Waals surface area contributed by atoms with Crippen molar-refractivity contribution < 1.29 is 4.79 Å². The zero-order chi connectivity index (χ0) is 14.8. The molecule has 2 N–H and O–H groups in total. The third kappa shape index (κ3) is 3.01. The van der Waals surface area contributed by atoms with Gasteiger partial charge in [0.2, 0.25) is 0 Å². The van der Waals surface area contributed by atoms with E-state index >= 15 is 0 Å². The number of hydrogen-bond donors (Lipinski definition) is 1. The summed E-state index contributed by atoms with van der Waals surface area (Å²) in [5.74, 6) is -0.0378. The van der Waals surface area contributed by atoms with Gasteiger partial charge in [0.25, 0.3) is 5.91 Å². The number of nitrogens with zero attached hydrogens (tertiary/aromatic N) is 2. The highest BCUT2D eigenvalue weighted by Crippen LogP contribution is 2.26. The maximum absolute atomic E-state index is 12.6. The molecule has 1 aromatic carbocycles. The summed E-state index contributed by atoms with van der Waals surface area (Å²) in [5, 5.41) is 0.443. The van der Waals surface area contributed by atoms with Crippen LogP contribution < -0.4 is 5.73 Å². The van der Waals surface area contributed by atoms with Crippen molar-refractivity contribution >= 4 is 23.2 Å². The molecule has 0 bridgehead atoms. The van der Waals surface area contributed by atoms with E-state index in [1.54, 1.807) is 18.2 Å². The Morgan fingerprint density at radius 1 is 1.14 bits per heavy atom. The number of carbonyl (C=O) groups excluding carboxylic acids is 1. The van der Waals surface area contributed by atoms with E-state index in [1.807, 2.05) is 4.90 Å². The van der Waals surface area contributed by atoms with Gasteiger partial charge in [0, 0.05) is 37.9 Å². The van der Waals surface area contributed by atoms with Gasteiger partial charge in [-0.15, -0.1) is 0 Å². The molecule has 21 heavy (non-hydrogen) atoms. The van der Waals surface area contributed by atoms with Crippen LogP contribution in [0, 0.1) is 0 Å². The topological polar surface area (TPSA) is 49.6 Å². The predicted octanol–water partition coefficient (Wildman–Crippen LogP) is 2.62. The first-order valence-electron chi connectivity index (χ1n) is 7.74. The lowest BCUT2D eigenvalue weighted by atomic mass is 10.1. The van der Waals surface area contributed by atoms with Crippen LogP contribution in [0.4, 0.5) is 5.69 Å². The molecule has 4 nitrogen and oxygen atoms in total. The van der Waals surface area contributed by atoms with E-state index < -0.39 is 0 Å². The summed E-state index contributed by atoms with van der Waals surface area (Å²) in [6.45, 7) is 3.45. The molecule has 1 heterocycles. The lowest BCUT2D eigenvalue weighted by molar-refractivity contribution is 0.0574. The molecule has 0 spiro atoms. The lowest BCUT2D eigenvalue weighted by Crippen LogP contribution is -2.51. The van der Waals surface area contributed by atoms with Gasteiger partial charge in [0.1, 0.15) is 0 Å². The number of anilines is 1. The Balaban J connectivity index is 1.65. The normalized spacial score (nSPS) is 20.9. The summed E-state index contributed by atoms with van der Waals surface area (Å²) >= 11 is 6.14. The molecule has 2 aliphatic rings. The van der Waals surface area contributed by atoms with Gasteiger partial charge >= 0.3 is 0 Å². The first-order chi connectivity index (χ1) is 10.2. The Kier molecular flexibility index (Phi) is 4.36. The molecule has 114 valence electrons. The number of rotatable bonds is 2. The second-order valence-corrected chi connectivity index (χ2v) is 6.38. The van der Waals surface area contributed by atoms with Gasteiger partial charge in [0.05, 0.1) is 10.6 Å². The Bertz CT molecular complexity index is 500. The maximum atomic E-state index is 12.6. The largest absolute Gasteiger partial charge is 0.398 e. The smallest absolute Gasteiger partial charge is 0.257 e. The Labute approximate surface area is 130 Å². The quantitative estimate of drug-likeness (QED) is 0.855. The van der Waals surface area contributed by atoms with E-state index in [4.69, 9.17) is 17.3 Å². The van der Waals surface area contributed by atoms with Crippen molar-refractivity contribution in [1.82, 2.24) is 9.80 Å². The van der Waals surface area contributed by atoms with Crippen molar-refractivity contribution in [1.29, 1.82) is 0 Å². The highest BCUT2D eigenvalue weighted by Gasteiger charge is 2.29. The number of benzene rings is 1. The molecule has 0 radical (unpaired) electrons. The van der Waals surface area contributed by atoms with Crippen LogP contribution in [0.1, 0.15) is 36.0 Å². The van der Waals surface area contributed by atoms with Crippen molar-refractivity contribution in [3.8, 4) is 0 Å². The molecule has 3 rings (SSSR count). The predicted molar refractivity (Wildman–Crippen MR) is 85.6 cm³/mol. The number of carbonyl (C=O) groups is 1. The number of nitrogens with two attached hydrogens (primary N) is 1. The Morgan fingerprint density at radius 2 is 1.81 bits per heavy atom. The average Bonchev–Trinajstić information content (AvgIpc) is 3.01. The minimum Gasteiger partial charge on any atom is -0.398 e. The first kappa shape index (κ1) is 14.7. The van der Waals surface area contributed by atoms with E-state index in [0.29, 0.717) is 16.3 Å². The molecule has 2 fully saturated rings. The summed E-state index contributed by atoms with van der Waals surface area (Å²) in [6, 6.07) is 5.95. The number of piperazine rings is 1. The van der Waals surface area contributed by atoms with Crippen LogP contribution >= 0.6 is 11.6 Å². The van der Waals surface area contributed by atoms with Crippen LogP contribution in [0.2, 0.25) is 5.02 Å². The minimum atomic E-state index is -0.0378. The van der Waals surface area contributed by atoms with Crippen molar-refractivity contribution in [2.45, 2.75) is 31.7 Å². The summed E-state index contributed by atoms with van der Waals surface area (Å²) in [7, 11) is 0. The molecule has 1 amide bonds.